The largest absolute Gasteiger partial charge is 0.493 e. The van der Waals surface area contributed by atoms with Gasteiger partial charge in [-0.15, -0.1) is 0 Å². The number of carbonyl (C=O) groups is 1. The monoisotopic (exact) mass is 336 g/mol. The molecule has 5 nitrogen and oxygen atoms in total. The van der Waals surface area contributed by atoms with E-state index in [1.165, 1.54) is 0 Å². The number of likely N-dealkylation sites (tertiary alicyclic amines) is 1. The Bertz CT molecular complexity index is 617. The molecule has 1 heterocycles. The van der Waals surface area contributed by atoms with Crippen LogP contribution >= 0.6 is 11.6 Å². The van der Waals surface area contributed by atoms with Crippen molar-refractivity contribution in [2.24, 2.45) is 11.8 Å². The highest BCUT2D eigenvalue weighted by atomic mass is 35.5. The number of ether oxygens (including phenoxy) is 2. The average Bonchev–Trinajstić information content (AvgIpc) is 3.00. The molecule has 6 heteroatoms. The highest BCUT2D eigenvalue weighted by molar-refractivity contribution is 6.34. The van der Waals surface area contributed by atoms with Crippen molar-refractivity contribution in [1.29, 1.82) is 0 Å². The number of urea groups is 1. The van der Waals surface area contributed by atoms with Crippen molar-refractivity contribution in [3.8, 4) is 11.5 Å². The van der Waals surface area contributed by atoms with Crippen molar-refractivity contribution in [2.45, 2.75) is 12.8 Å². The number of methoxy groups -OCH3 is 2. The normalized spacial score (nSPS) is 22.7. The molecule has 0 unspecified atom stereocenters. The molecule has 124 valence electrons. The maximum atomic E-state index is 12.5. The van der Waals surface area contributed by atoms with E-state index in [1.54, 1.807) is 26.4 Å². The van der Waals surface area contributed by atoms with Gasteiger partial charge in [0.25, 0.3) is 0 Å². The lowest BCUT2D eigenvalue weighted by Gasteiger charge is -2.18. The van der Waals surface area contributed by atoms with Gasteiger partial charge in [-0.25, -0.2) is 4.79 Å². The van der Waals surface area contributed by atoms with Gasteiger partial charge in [-0.1, -0.05) is 23.8 Å². The molecule has 0 aromatic heterocycles. The van der Waals surface area contributed by atoms with E-state index >= 15 is 0 Å². The zero-order valence-electron chi connectivity index (χ0n) is 13.3. The Kier molecular flexibility index (Phi) is 4.66. The summed E-state index contributed by atoms with van der Waals surface area (Å²) < 4.78 is 10.5. The first-order valence-electron chi connectivity index (χ1n) is 7.74. The van der Waals surface area contributed by atoms with Crippen LogP contribution in [0.2, 0.25) is 5.02 Å². The number of amides is 2. The minimum Gasteiger partial charge on any atom is -0.493 e. The highest BCUT2D eigenvalue weighted by Crippen LogP contribution is 2.37. The van der Waals surface area contributed by atoms with E-state index in [-0.39, 0.29) is 6.03 Å². The molecule has 1 fully saturated rings. The van der Waals surface area contributed by atoms with Gasteiger partial charge in [-0.05, 0) is 24.7 Å². The lowest BCUT2D eigenvalue weighted by Crippen LogP contribution is -2.33. The topological polar surface area (TPSA) is 50.8 Å². The summed E-state index contributed by atoms with van der Waals surface area (Å²) in [7, 11) is 3.10. The number of hydrogen-bond donors (Lipinski definition) is 1. The predicted octanol–water partition coefficient (Wildman–Crippen LogP) is 3.79. The summed E-state index contributed by atoms with van der Waals surface area (Å²) in [6.07, 6.45) is 6.55. The van der Waals surface area contributed by atoms with E-state index in [2.05, 4.69) is 17.5 Å². The number of anilines is 1. The molecule has 2 aliphatic rings. The van der Waals surface area contributed by atoms with Gasteiger partial charge in [0.15, 0.2) is 11.5 Å². The van der Waals surface area contributed by atoms with Crippen LogP contribution in [-0.2, 0) is 0 Å². The molecule has 1 aliphatic carbocycles. The molecule has 0 radical (unpaired) electrons. The van der Waals surface area contributed by atoms with Crippen molar-refractivity contribution < 1.29 is 14.3 Å². The first-order chi connectivity index (χ1) is 11.1. The minimum atomic E-state index is -0.117. The number of nitrogens with one attached hydrogen (secondary N) is 1. The van der Waals surface area contributed by atoms with Crippen molar-refractivity contribution >= 4 is 23.3 Å². The van der Waals surface area contributed by atoms with Crippen LogP contribution in [0.25, 0.3) is 0 Å². The second-order valence-electron chi connectivity index (χ2n) is 5.99. The smallest absolute Gasteiger partial charge is 0.321 e. The van der Waals surface area contributed by atoms with Crippen molar-refractivity contribution in [3.05, 3.63) is 29.3 Å². The van der Waals surface area contributed by atoms with Gasteiger partial charge in [0.05, 0.1) is 24.9 Å². The number of rotatable bonds is 3. The Labute approximate surface area is 141 Å². The Morgan fingerprint density at radius 2 is 1.70 bits per heavy atom. The molecule has 0 bridgehead atoms. The Balaban J connectivity index is 1.71. The highest BCUT2D eigenvalue weighted by Gasteiger charge is 2.35. The van der Waals surface area contributed by atoms with Crippen LogP contribution in [0.4, 0.5) is 10.5 Å². The van der Waals surface area contributed by atoms with Gasteiger partial charge in [-0.3, -0.25) is 0 Å². The standard InChI is InChI=1S/C17H21ClN2O3/c1-22-15-7-13(18)14(8-16(15)23-2)19-17(21)20-9-11-5-3-4-6-12(11)10-20/h3-4,7-8,11-12H,5-6,9-10H2,1-2H3,(H,19,21)/t11-,12-/m1/s1. The molecule has 3 rings (SSSR count). The van der Waals surface area contributed by atoms with E-state index in [4.69, 9.17) is 21.1 Å². The van der Waals surface area contributed by atoms with Crippen LogP contribution in [0.15, 0.2) is 24.3 Å². The first kappa shape index (κ1) is 16.0. The lowest BCUT2D eigenvalue weighted by atomic mass is 9.86. The number of halogens is 1. The number of allylic oxidation sites excluding steroid dienone is 2. The van der Waals surface area contributed by atoms with Crippen LogP contribution in [0, 0.1) is 11.8 Å². The summed E-state index contributed by atoms with van der Waals surface area (Å²) in [5.74, 6) is 2.22. The van der Waals surface area contributed by atoms with Gasteiger partial charge in [0.1, 0.15) is 0 Å². The predicted molar refractivity (Wildman–Crippen MR) is 90.5 cm³/mol. The summed E-state index contributed by atoms with van der Waals surface area (Å²) in [5.41, 5.74) is 0.530. The number of fused-ring (bicyclic) bond motifs is 1. The number of carbonyl (C=O) groups excluding carboxylic acids is 1. The SMILES string of the molecule is COc1cc(Cl)c(NC(=O)N2C[C@H]3CC=CC[C@@H]3C2)cc1OC. The lowest BCUT2D eigenvalue weighted by molar-refractivity contribution is 0.220. The third-order valence-corrected chi connectivity index (χ3v) is 4.94. The number of benzene rings is 1. The first-order valence-corrected chi connectivity index (χ1v) is 8.12. The molecule has 0 saturated carbocycles. The van der Waals surface area contributed by atoms with Gasteiger partial charge >= 0.3 is 6.03 Å². The quantitative estimate of drug-likeness (QED) is 0.854. The summed E-state index contributed by atoms with van der Waals surface area (Å²) in [6, 6.07) is 3.21. The molecular weight excluding hydrogens is 316 g/mol. The molecule has 23 heavy (non-hydrogen) atoms. The number of hydrogen-bond acceptors (Lipinski definition) is 3. The van der Waals surface area contributed by atoms with E-state index in [0.717, 1.165) is 25.9 Å². The van der Waals surface area contributed by atoms with Crippen LogP contribution in [-0.4, -0.2) is 38.2 Å². The fourth-order valence-electron chi connectivity index (χ4n) is 3.32. The fraction of sp³-hybridized carbons (Fsp3) is 0.471. The number of nitrogens with zero attached hydrogens (tertiary/aromatic N) is 1. The van der Waals surface area contributed by atoms with Gasteiger partial charge in [0.2, 0.25) is 0 Å². The van der Waals surface area contributed by atoms with Crippen molar-refractivity contribution in [3.63, 3.8) is 0 Å². The summed E-state index contributed by atoms with van der Waals surface area (Å²) in [4.78, 5) is 14.4. The molecule has 2 amide bonds. The zero-order valence-corrected chi connectivity index (χ0v) is 14.1. The second kappa shape index (κ2) is 6.71. The van der Waals surface area contributed by atoms with Crippen LogP contribution in [0.3, 0.4) is 0 Å². The average molecular weight is 337 g/mol. The van der Waals surface area contributed by atoms with Crippen molar-refractivity contribution in [1.82, 2.24) is 4.90 Å². The minimum absolute atomic E-state index is 0.117. The van der Waals surface area contributed by atoms with E-state index in [0.29, 0.717) is 34.0 Å². The maximum absolute atomic E-state index is 12.5. The maximum Gasteiger partial charge on any atom is 0.321 e. The summed E-state index contributed by atoms with van der Waals surface area (Å²) in [6.45, 7) is 1.59. The van der Waals surface area contributed by atoms with E-state index < -0.39 is 0 Å². The van der Waals surface area contributed by atoms with Gasteiger partial charge in [-0.2, -0.15) is 0 Å². The van der Waals surface area contributed by atoms with Crippen LogP contribution < -0.4 is 14.8 Å². The second-order valence-corrected chi connectivity index (χ2v) is 6.39. The van der Waals surface area contributed by atoms with Crippen LogP contribution in [0.1, 0.15) is 12.8 Å². The molecule has 0 spiro atoms. The summed E-state index contributed by atoms with van der Waals surface area (Å²) >= 11 is 6.23. The summed E-state index contributed by atoms with van der Waals surface area (Å²) in [5, 5.41) is 3.31. The van der Waals surface area contributed by atoms with E-state index in [1.807, 2.05) is 4.90 Å². The molecule has 1 aliphatic heterocycles. The Hall–Kier alpha value is -1.88. The third kappa shape index (κ3) is 3.24. The van der Waals surface area contributed by atoms with Gasteiger partial charge < -0.3 is 19.7 Å². The molecule has 1 aromatic carbocycles. The molecule has 1 N–H and O–H groups in total. The van der Waals surface area contributed by atoms with Gasteiger partial charge in [0, 0.05) is 25.2 Å². The van der Waals surface area contributed by atoms with Crippen LogP contribution in [0.5, 0.6) is 11.5 Å². The molecular formula is C17H21ClN2O3. The third-order valence-electron chi connectivity index (χ3n) is 4.62. The fourth-order valence-corrected chi connectivity index (χ4v) is 3.53. The Morgan fingerprint density at radius 1 is 1.13 bits per heavy atom. The Morgan fingerprint density at radius 3 is 2.26 bits per heavy atom. The molecule has 1 aromatic rings. The zero-order chi connectivity index (χ0) is 16.4. The molecule has 2 atom stereocenters. The molecule has 1 saturated heterocycles. The van der Waals surface area contributed by atoms with Crippen molar-refractivity contribution in [2.75, 3.05) is 32.6 Å². The van der Waals surface area contributed by atoms with E-state index in [9.17, 15) is 4.79 Å².